The molecule has 1 fully saturated rings. The normalized spacial score (nSPS) is 16.3. The summed E-state index contributed by atoms with van der Waals surface area (Å²) >= 11 is 0. The standard InChI is InChI=1S/C18H27N5/c1-14-8-11-23(12-9-14)18-17(19-10-13-22(2)3)20-15-6-4-5-7-16(15)21-18/h4-7,14H,8-13H2,1-3H3,(H,19,20). The smallest absolute Gasteiger partial charge is 0.172 e. The number of para-hydroxylation sites is 2. The van der Waals surface area contributed by atoms with Crippen LogP contribution in [0.15, 0.2) is 24.3 Å². The highest BCUT2D eigenvalue weighted by Gasteiger charge is 2.21. The van der Waals surface area contributed by atoms with Crippen LogP contribution in [0.3, 0.4) is 0 Å². The lowest BCUT2D eigenvalue weighted by Crippen LogP contribution is -2.34. The monoisotopic (exact) mass is 313 g/mol. The average molecular weight is 313 g/mol. The van der Waals surface area contributed by atoms with Crippen molar-refractivity contribution in [3.8, 4) is 0 Å². The maximum atomic E-state index is 4.91. The number of nitrogens with zero attached hydrogens (tertiary/aromatic N) is 4. The van der Waals surface area contributed by atoms with Crippen LogP contribution >= 0.6 is 0 Å². The number of hydrogen-bond acceptors (Lipinski definition) is 5. The van der Waals surface area contributed by atoms with E-state index in [1.165, 1.54) is 12.8 Å². The molecule has 0 aliphatic carbocycles. The fourth-order valence-corrected chi connectivity index (χ4v) is 2.95. The second kappa shape index (κ2) is 7.13. The van der Waals surface area contributed by atoms with Gasteiger partial charge in [-0.3, -0.25) is 0 Å². The minimum atomic E-state index is 0.810. The molecule has 1 aromatic heterocycles. The van der Waals surface area contributed by atoms with Gasteiger partial charge in [0.1, 0.15) is 0 Å². The van der Waals surface area contributed by atoms with Crippen LogP contribution in [0.4, 0.5) is 11.6 Å². The second-order valence-corrected chi connectivity index (χ2v) is 6.78. The van der Waals surface area contributed by atoms with E-state index in [2.05, 4.69) is 36.1 Å². The number of piperidine rings is 1. The highest BCUT2D eigenvalue weighted by Crippen LogP contribution is 2.28. The van der Waals surface area contributed by atoms with E-state index in [4.69, 9.17) is 9.97 Å². The number of likely N-dealkylation sites (N-methyl/N-ethyl adjacent to an activating group) is 1. The number of anilines is 2. The summed E-state index contributed by atoms with van der Waals surface area (Å²) in [6.45, 7) is 6.31. The predicted molar refractivity (Wildman–Crippen MR) is 97.2 cm³/mol. The molecule has 1 aliphatic rings. The molecule has 0 atom stereocenters. The van der Waals surface area contributed by atoms with Crippen molar-refractivity contribution in [3.63, 3.8) is 0 Å². The molecule has 0 bridgehead atoms. The molecule has 124 valence electrons. The minimum Gasteiger partial charge on any atom is -0.366 e. The van der Waals surface area contributed by atoms with Crippen molar-refractivity contribution in [2.75, 3.05) is 50.5 Å². The number of nitrogens with one attached hydrogen (secondary N) is 1. The Morgan fingerprint density at radius 2 is 1.78 bits per heavy atom. The summed E-state index contributed by atoms with van der Waals surface area (Å²) in [6, 6.07) is 8.12. The lowest BCUT2D eigenvalue weighted by atomic mass is 9.99. The highest BCUT2D eigenvalue weighted by molar-refractivity contribution is 5.80. The Balaban J connectivity index is 1.88. The molecule has 1 aliphatic heterocycles. The van der Waals surface area contributed by atoms with Gasteiger partial charge in [-0.1, -0.05) is 19.1 Å². The summed E-state index contributed by atoms with van der Waals surface area (Å²) in [6.07, 6.45) is 2.46. The van der Waals surface area contributed by atoms with Crippen molar-refractivity contribution in [1.82, 2.24) is 14.9 Å². The van der Waals surface area contributed by atoms with Gasteiger partial charge in [0.15, 0.2) is 11.6 Å². The van der Waals surface area contributed by atoms with Gasteiger partial charge in [-0.15, -0.1) is 0 Å². The maximum Gasteiger partial charge on any atom is 0.172 e. The van der Waals surface area contributed by atoms with E-state index in [0.717, 1.165) is 54.8 Å². The Kier molecular flexibility index (Phi) is 4.96. The van der Waals surface area contributed by atoms with E-state index in [9.17, 15) is 0 Å². The van der Waals surface area contributed by atoms with Gasteiger partial charge in [0.2, 0.25) is 0 Å². The molecule has 0 radical (unpaired) electrons. The topological polar surface area (TPSA) is 44.3 Å². The third kappa shape index (κ3) is 3.91. The molecule has 2 heterocycles. The molecule has 0 unspecified atom stereocenters. The summed E-state index contributed by atoms with van der Waals surface area (Å²) in [7, 11) is 4.17. The molecule has 2 aromatic rings. The van der Waals surface area contributed by atoms with Gasteiger partial charge < -0.3 is 15.1 Å². The number of benzene rings is 1. The summed E-state index contributed by atoms with van der Waals surface area (Å²) in [5.41, 5.74) is 1.92. The first-order valence-corrected chi connectivity index (χ1v) is 8.54. The van der Waals surface area contributed by atoms with Crippen LogP contribution in [-0.2, 0) is 0 Å². The molecular formula is C18H27N5. The van der Waals surface area contributed by atoms with Crippen LogP contribution < -0.4 is 10.2 Å². The molecule has 0 spiro atoms. The van der Waals surface area contributed by atoms with Crippen molar-refractivity contribution in [3.05, 3.63) is 24.3 Å². The SMILES string of the molecule is CC1CCN(c2nc3ccccc3nc2NCCN(C)C)CC1. The Labute approximate surface area is 138 Å². The van der Waals surface area contributed by atoms with E-state index in [1.54, 1.807) is 0 Å². The lowest BCUT2D eigenvalue weighted by molar-refractivity contribution is 0.424. The molecule has 5 nitrogen and oxygen atoms in total. The summed E-state index contributed by atoms with van der Waals surface area (Å²) in [5, 5.41) is 3.49. The van der Waals surface area contributed by atoms with Crippen LogP contribution in [0.5, 0.6) is 0 Å². The van der Waals surface area contributed by atoms with E-state index in [1.807, 2.05) is 24.3 Å². The Bertz CT molecular complexity index is 647. The minimum absolute atomic E-state index is 0.810. The summed E-state index contributed by atoms with van der Waals surface area (Å²) in [4.78, 5) is 14.3. The van der Waals surface area contributed by atoms with Crippen molar-refractivity contribution >= 4 is 22.7 Å². The molecule has 3 rings (SSSR count). The first-order valence-electron chi connectivity index (χ1n) is 8.54. The third-order valence-corrected chi connectivity index (χ3v) is 4.49. The number of aromatic nitrogens is 2. The van der Waals surface area contributed by atoms with Gasteiger partial charge in [0.05, 0.1) is 11.0 Å². The number of rotatable bonds is 5. The van der Waals surface area contributed by atoms with Crippen LogP contribution in [0.2, 0.25) is 0 Å². The molecule has 1 N–H and O–H groups in total. The second-order valence-electron chi connectivity index (χ2n) is 6.78. The van der Waals surface area contributed by atoms with Crippen molar-refractivity contribution in [2.45, 2.75) is 19.8 Å². The van der Waals surface area contributed by atoms with Gasteiger partial charge in [-0.05, 0) is 45.0 Å². The lowest BCUT2D eigenvalue weighted by Gasteiger charge is -2.32. The van der Waals surface area contributed by atoms with Gasteiger partial charge in [0, 0.05) is 26.2 Å². The van der Waals surface area contributed by atoms with Gasteiger partial charge in [-0.2, -0.15) is 0 Å². The van der Waals surface area contributed by atoms with Crippen LogP contribution in [0.25, 0.3) is 11.0 Å². The predicted octanol–water partition coefficient (Wildman–Crippen LogP) is 2.84. The van der Waals surface area contributed by atoms with Crippen molar-refractivity contribution < 1.29 is 0 Å². The highest BCUT2D eigenvalue weighted by atomic mass is 15.2. The zero-order valence-electron chi connectivity index (χ0n) is 14.4. The number of fused-ring (bicyclic) bond motifs is 1. The zero-order chi connectivity index (χ0) is 16.2. The molecule has 23 heavy (non-hydrogen) atoms. The summed E-state index contributed by atoms with van der Waals surface area (Å²) < 4.78 is 0. The molecule has 0 amide bonds. The van der Waals surface area contributed by atoms with Crippen LogP contribution in [0.1, 0.15) is 19.8 Å². The van der Waals surface area contributed by atoms with Gasteiger partial charge in [0.25, 0.3) is 0 Å². The van der Waals surface area contributed by atoms with E-state index in [-0.39, 0.29) is 0 Å². The Hall–Kier alpha value is -1.88. The molecular weight excluding hydrogens is 286 g/mol. The third-order valence-electron chi connectivity index (χ3n) is 4.49. The molecule has 1 saturated heterocycles. The first-order chi connectivity index (χ1) is 11.1. The largest absolute Gasteiger partial charge is 0.366 e. The first kappa shape index (κ1) is 16.0. The van der Waals surface area contributed by atoms with E-state index >= 15 is 0 Å². The zero-order valence-corrected chi connectivity index (χ0v) is 14.4. The Morgan fingerprint density at radius 1 is 1.13 bits per heavy atom. The van der Waals surface area contributed by atoms with Crippen LogP contribution in [-0.4, -0.2) is 55.1 Å². The van der Waals surface area contributed by atoms with Crippen molar-refractivity contribution in [1.29, 1.82) is 0 Å². The van der Waals surface area contributed by atoms with Crippen LogP contribution in [0, 0.1) is 5.92 Å². The summed E-state index contributed by atoms with van der Waals surface area (Å²) in [5.74, 6) is 2.74. The molecule has 5 heteroatoms. The quantitative estimate of drug-likeness (QED) is 0.919. The molecule has 1 aromatic carbocycles. The van der Waals surface area contributed by atoms with E-state index < -0.39 is 0 Å². The van der Waals surface area contributed by atoms with Gasteiger partial charge >= 0.3 is 0 Å². The maximum absolute atomic E-state index is 4.91. The molecule has 0 saturated carbocycles. The fraction of sp³-hybridized carbons (Fsp3) is 0.556. The van der Waals surface area contributed by atoms with Gasteiger partial charge in [-0.25, -0.2) is 9.97 Å². The van der Waals surface area contributed by atoms with Crippen molar-refractivity contribution in [2.24, 2.45) is 5.92 Å². The fourth-order valence-electron chi connectivity index (χ4n) is 2.95. The Morgan fingerprint density at radius 3 is 2.43 bits per heavy atom. The average Bonchev–Trinajstić information content (AvgIpc) is 2.55. The number of hydrogen-bond donors (Lipinski definition) is 1. The van der Waals surface area contributed by atoms with E-state index in [0.29, 0.717) is 0 Å².